The third-order valence-electron chi connectivity index (χ3n) is 2.62. The molecule has 2 rings (SSSR count). The van der Waals surface area contributed by atoms with Gasteiger partial charge in [-0.05, 0) is 6.42 Å². The van der Waals surface area contributed by atoms with Gasteiger partial charge in [0, 0.05) is 19.1 Å². The first-order chi connectivity index (χ1) is 7.81. The molecule has 1 atom stereocenters. The topological polar surface area (TPSA) is 82.3 Å². The molecule has 0 aromatic carbocycles. The summed E-state index contributed by atoms with van der Waals surface area (Å²) in [6.07, 6.45) is 2.51. The molecule has 6 nitrogen and oxygen atoms in total. The summed E-state index contributed by atoms with van der Waals surface area (Å²) in [6, 6.07) is 0. The molecule has 1 unspecified atom stereocenters. The van der Waals surface area contributed by atoms with Gasteiger partial charge in [0.05, 0.1) is 13.7 Å². The maximum atomic E-state index is 5.83. The Balaban J connectivity index is 1.97. The molecule has 0 spiro atoms. The van der Waals surface area contributed by atoms with Gasteiger partial charge in [-0.2, -0.15) is 4.98 Å². The Morgan fingerprint density at radius 1 is 1.62 bits per heavy atom. The largest absolute Gasteiger partial charge is 0.479 e. The van der Waals surface area contributed by atoms with E-state index >= 15 is 0 Å². The SMILES string of the molecule is COc1ncnc(NCC2CCOC2)c1N. The number of nitrogens with one attached hydrogen (secondary N) is 1. The minimum atomic E-state index is 0.403. The first kappa shape index (κ1) is 10.9. The van der Waals surface area contributed by atoms with Crippen molar-refractivity contribution in [1.29, 1.82) is 0 Å². The van der Waals surface area contributed by atoms with Crippen molar-refractivity contribution >= 4 is 11.5 Å². The predicted molar refractivity (Wildman–Crippen MR) is 60.4 cm³/mol. The van der Waals surface area contributed by atoms with Crippen LogP contribution < -0.4 is 15.8 Å². The fourth-order valence-electron chi connectivity index (χ4n) is 1.67. The molecule has 1 aliphatic heterocycles. The monoisotopic (exact) mass is 224 g/mol. The van der Waals surface area contributed by atoms with Crippen LogP contribution in [0.3, 0.4) is 0 Å². The minimum Gasteiger partial charge on any atom is -0.479 e. The number of nitrogens with zero attached hydrogens (tertiary/aromatic N) is 2. The van der Waals surface area contributed by atoms with E-state index in [-0.39, 0.29) is 0 Å². The van der Waals surface area contributed by atoms with Crippen LogP contribution in [0.15, 0.2) is 6.33 Å². The fourth-order valence-corrected chi connectivity index (χ4v) is 1.67. The molecule has 0 amide bonds. The number of ether oxygens (including phenoxy) is 2. The van der Waals surface area contributed by atoms with Crippen LogP contribution in [-0.4, -0.2) is 36.8 Å². The normalized spacial score (nSPS) is 19.7. The van der Waals surface area contributed by atoms with Crippen molar-refractivity contribution in [2.24, 2.45) is 5.92 Å². The first-order valence-electron chi connectivity index (χ1n) is 5.27. The van der Waals surface area contributed by atoms with Gasteiger partial charge in [-0.1, -0.05) is 0 Å². The number of nitrogens with two attached hydrogens (primary N) is 1. The number of hydrogen-bond donors (Lipinski definition) is 2. The molecular formula is C10H16N4O2. The van der Waals surface area contributed by atoms with Gasteiger partial charge in [-0.25, -0.2) is 4.98 Å². The van der Waals surface area contributed by atoms with Crippen molar-refractivity contribution in [2.75, 3.05) is 37.9 Å². The number of rotatable bonds is 4. The second kappa shape index (κ2) is 4.98. The predicted octanol–water partition coefficient (Wildman–Crippen LogP) is 0.516. The molecule has 3 N–H and O–H groups in total. The average molecular weight is 224 g/mol. The van der Waals surface area contributed by atoms with Gasteiger partial charge < -0.3 is 20.5 Å². The van der Waals surface area contributed by atoms with Crippen LogP contribution in [0.5, 0.6) is 5.88 Å². The highest BCUT2D eigenvalue weighted by Gasteiger charge is 2.16. The quantitative estimate of drug-likeness (QED) is 0.775. The van der Waals surface area contributed by atoms with Crippen LogP contribution in [0.2, 0.25) is 0 Å². The summed E-state index contributed by atoms with van der Waals surface area (Å²) in [4.78, 5) is 7.99. The molecule has 2 heterocycles. The molecule has 0 saturated carbocycles. The Kier molecular flexibility index (Phi) is 3.40. The van der Waals surface area contributed by atoms with Crippen LogP contribution in [0.4, 0.5) is 11.5 Å². The molecule has 1 aliphatic rings. The van der Waals surface area contributed by atoms with Gasteiger partial charge in [0.15, 0.2) is 5.82 Å². The number of nitrogen functional groups attached to an aromatic ring is 1. The lowest BCUT2D eigenvalue weighted by Crippen LogP contribution is -2.16. The number of aromatic nitrogens is 2. The maximum absolute atomic E-state index is 5.83. The Morgan fingerprint density at radius 2 is 2.50 bits per heavy atom. The van der Waals surface area contributed by atoms with Gasteiger partial charge in [-0.15, -0.1) is 0 Å². The van der Waals surface area contributed by atoms with Gasteiger partial charge in [0.25, 0.3) is 0 Å². The highest BCUT2D eigenvalue weighted by molar-refractivity contribution is 5.66. The Morgan fingerprint density at radius 3 is 3.19 bits per heavy atom. The van der Waals surface area contributed by atoms with Crippen molar-refractivity contribution in [2.45, 2.75) is 6.42 Å². The third-order valence-corrected chi connectivity index (χ3v) is 2.62. The van der Waals surface area contributed by atoms with E-state index in [9.17, 15) is 0 Å². The van der Waals surface area contributed by atoms with Crippen molar-refractivity contribution < 1.29 is 9.47 Å². The van der Waals surface area contributed by atoms with Crippen molar-refractivity contribution in [3.63, 3.8) is 0 Å². The molecule has 88 valence electrons. The molecule has 0 aliphatic carbocycles. The first-order valence-corrected chi connectivity index (χ1v) is 5.27. The molecular weight excluding hydrogens is 208 g/mol. The second-order valence-corrected chi connectivity index (χ2v) is 3.76. The lowest BCUT2D eigenvalue weighted by Gasteiger charge is -2.12. The smallest absolute Gasteiger partial charge is 0.242 e. The molecule has 0 bridgehead atoms. The Bertz CT molecular complexity index is 353. The van der Waals surface area contributed by atoms with Crippen LogP contribution in [-0.2, 0) is 4.74 Å². The molecule has 1 aromatic heterocycles. The van der Waals surface area contributed by atoms with E-state index in [1.54, 1.807) is 0 Å². The summed E-state index contributed by atoms with van der Waals surface area (Å²) in [7, 11) is 1.54. The summed E-state index contributed by atoms with van der Waals surface area (Å²) < 4.78 is 10.3. The number of hydrogen-bond acceptors (Lipinski definition) is 6. The Hall–Kier alpha value is -1.56. The summed E-state index contributed by atoms with van der Waals surface area (Å²) in [6.45, 7) is 2.45. The van der Waals surface area contributed by atoms with Crippen molar-refractivity contribution in [1.82, 2.24) is 9.97 Å². The number of anilines is 2. The number of methoxy groups -OCH3 is 1. The van der Waals surface area contributed by atoms with Gasteiger partial charge in [0.1, 0.15) is 12.0 Å². The zero-order valence-corrected chi connectivity index (χ0v) is 9.27. The second-order valence-electron chi connectivity index (χ2n) is 3.76. The lowest BCUT2D eigenvalue weighted by molar-refractivity contribution is 0.187. The van der Waals surface area contributed by atoms with Crippen molar-refractivity contribution in [3.8, 4) is 5.88 Å². The fraction of sp³-hybridized carbons (Fsp3) is 0.600. The van der Waals surface area contributed by atoms with E-state index in [1.807, 2.05) is 0 Å². The van der Waals surface area contributed by atoms with Gasteiger partial charge in [-0.3, -0.25) is 0 Å². The van der Waals surface area contributed by atoms with E-state index in [2.05, 4.69) is 15.3 Å². The molecule has 1 fully saturated rings. The van der Waals surface area contributed by atoms with Crippen LogP contribution >= 0.6 is 0 Å². The standard InChI is InChI=1S/C10H16N4O2/c1-15-10-8(11)9(13-6-14-10)12-4-7-2-3-16-5-7/h6-7H,2-5,11H2,1H3,(H,12,13,14). The summed E-state index contributed by atoms with van der Waals surface area (Å²) >= 11 is 0. The van der Waals surface area contributed by atoms with Crippen molar-refractivity contribution in [3.05, 3.63) is 6.33 Å². The summed E-state index contributed by atoms with van der Waals surface area (Å²) in [5, 5.41) is 3.19. The molecule has 6 heteroatoms. The summed E-state index contributed by atoms with van der Waals surface area (Å²) in [5.41, 5.74) is 6.28. The zero-order valence-electron chi connectivity index (χ0n) is 9.27. The van der Waals surface area contributed by atoms with Crippen LogP contribution in [0.25, 0.3) is 0 Å². The average Bonchev–Trinajstić information content (AvgIpc) is 2.81. The third kappa shape index (κ3) is 2.33. The van der Waals surface area contributed by atoms with E-state index in [1.165, 1.54) is 13.4 Å². The van der Waals surface area contributed by atoms with E-state index in [4.69, 9.17) is 15.2 Å². The molecule has 1 saturated heterocycles. The van der Waals surface area contributed by atoms with E-state index in [0.29, 0.717) is 23.3 Å². The highest BCUT2D eigenvalue weighted by Crippen LogP contribution is 2.24. The molecule has 16 heavy (non-hydrogen) atoms. The van der Waals surface area contributed by atoms with Crippen LogP contribution in [0, 0.1) is 5.92 Å². The van der Waals surface area contributed by atoms with Crippen LogP contribution in [0.1, 0.15) is 6.42 Å². The maximum Gasteiger partial charge on any atom is 0.242 e. The van der Waals surface area contributed by atoms with Gasteiger partial charge in [0.2, 0.25) is 5.88 Å². The lowest BCUT2D eigenvalue weighted by atomic mass is 10.1. The Labute approximate surface area is 94.2 Å². The molecule has 1 aromatic rings. The zero-order chi connectivity index (χ0) is 11.4. The minimum absolute atomic E-state index is 0.403. The summed E-state index contributed by atoms with van der Waals surface area (Å²) in [5.74, 6) is 1.55. The van der Waals surface area contributed by atoms with E-state index in [0.717, 1.165) is 26.2 Å². The molecule has 0 radical (unpaired) electrons. The highest BCUT2D eigenvalue weighted by atomic mass is 16.5. The van der Waals surface area contributed by atoms with E-state index < -0.39 is 0 Å². The van der Waals surface area contributed by atoms with Gasteiger partial charge >= 0.3 is 0 Å².